The van der Waals surface area contributed by atoms with Gasteiger partial charge in [-0.05, 0) is 12.3 Å². The molecule has 3 atom stereocenters. The maximum atomic E-state index is 12.9. The summed E-state index contributed by atoms with van der Waals surface area (Å²) in [4.78, 5) is 26.7. The fourth-order valence-corrected chi connectivity index (χ4v) is 5.70. The first-order chi connectivity index (χ1) is 11.6. The van der Waals surface area contributed by atoms with Crippen LogP contribution in [0.2, 0.25) is 0 Å². The van der Waals surface area contributed by atoms with Crippen molar-refractivity contribution in [1.82, 2.24) is 10.2 Å². The first kappa shape index (κ1) is 20.2. The quantitative estimate of drug-likeness (QED) is 0.729. The summed E-state index contributed by atoms with van der Waals surface area (Å²) < 4.78 is 29.4. The number of nitrogens with one attached hydrogen (secondary N) is 1. The average Bonchev–Trinajstić information content (AvgIpc) is 2.98. The number of hydrogen-bond acceptors (Lipinski definition) is 5. The maximum absolute atomic E-state index is 12.9. The number of methoxy groups -OCH3 is 1. The Kier molecular flexibility index (Phi) is 6.14. The Morgan fingerprint density at radius 2 is 2.00 bits per heavy atom. The molecule has 25 heavy (non-hydrogen) atoms. The van der Waals surface area contributed by atoms with Gasteiger partial charge < -0.3 is 15.0 Å². The molecule has 2 aliphatic rings. The van der Waals surface area contributed by atoms with E-state index in [1.807, 2.05) is 13.8 Å². The van der Waals surface area contributed by atoms with Crippen LogP contribution in [0.1, 0.15) is 33.6 Å². The molecule has 1 unspecified atom stereocenters. The van der Waals surface area contributed by atoms with Gasteiger partial charge in [-0.3, -0.25) is 9.59 Å². The Hall–Kier alpha value is -1.15. The van der Waals surface area contributed by atoms with E-state index in [0.29, 0.717) is 26.1 Å². The molecule has 2 rings (SSSR count). The third kappa shape index (κ3) is 5.17. The molecule has 0 saturated carbocycles. The normalized spacial score (nSPS) is 31.5. The van der Waals surface area contributed by atoms with Crippen LogP contribution in [-0.4, -0.2) is 69.5 Å². The Morgan fingerprint density at radius 1 is 1.32 bits per heavy atom. The van der Waals surface area contributed by atoms with Crippen molar-refractivity contribution in [2.75, 3.05) is 38.3 Å². The van der Waals surface area contributed by atoms with Gasteiger partial charge in [0.05, 0.1) is 30.1 Å². The van der Waals surface area contributed by atoms with Crippen LogP contribution in [0, 0.1) is 17.3 Å². The van der Waals surface area contributed by atoms with Gasteiger partial charge in [-0.2, -0.15) is 0 Å². The molecule has 0 radical (unpaired) electrons. The molecule has 2 aliphatic heterocycles. The highest BCUT2D eigenvalue weighted by molar-refractivity contribution is 7.91. The predicted octanol–water partition coefficient (Wildman–Crippen LogP) is 0.447. The second kappa shape index (κ2) is 7.61. The number of ether oxygens (including phenoxy) is 1. The van der Waals surface area contributed by atoms with E-state index in [-0.39, 0.29) is 34.7 Å². The van der Waals surface area contributed by atoms with Gasteiger partial charge in [0.25, 0.3) is 0 Å². The summed E-state index contributed by atoms with van der Waals surface area (Å²) in [5.74, 6) is -1.21. The summed E-state index contributed by atoms with van der Waals surface area (Å²) in [5.41, 5.74) is -0.0989. The molecule has 2 heterocycles. The lowest BCUT2D eigenvalue weighted by molar-refractivity contribution is -0.135. The largest absolute Gasteiger partial charge is 0.384 e. The highest BCUT2D eigenvalue weighted by atomic mass is 32.2. The van der Waals surface area contributed by atoms with Gasteiger partial charge in [-0.1, -0.05) is 20.8 Å². The first-order valence-corrected chi connectivity index (χ1v) is 10.6. The number of carbonyl (C=O) groups is 2. The average molecular weight is 375 g/mol. The van der Waals surface area contributed by atoms with E-state index in [9.17, 15) is 18.0 Å². The van der Waals surface area contributed by atoms with Gasteiger partial charge in [0.15, 0.2) is 9.84 Å². The Labute approximate surface area is 150 Å². The second-order valence-electron chi connectivity index (χ2n) is 8.21. The van der Waals surface area contributed by atoms with Gasteiger partial charge >= 0.3 is 0 Å². The van der Waals surface area contributed by atoms with Crippen molar-refractivity contribution >= 4 is 21.7 Å². The molecule has 0 aliphatic carbocycles. The summed E-state index contributed by atoms with van der Waals surface area (Å²) in [6.45, 7) is 7.64. The van der Waals surface area contributed by atoms with Crippen molar-refractivity contribution in [3.63, 3.8) is 0 Å². The number of carbonyl (C=O) groups excluding carboxylic acids is 2. The smallest absolute Gasteiger partial charge is 0.228 e. The standard InChI is InChI=1S/C17H30N2O5S/c1-12(2)7-15(20)18-14-9-25(22,23)8-13(14)16(21)19-6-5-17(3,10-19)11-24-4/h12-14H,5-11H2,1-4H3,(H,18,20)/t13-,14-,17?/m1/s1. The van der Waals surface area contributed by atoms with Gasteiger partial charge in [0.2, 0.25) is 11.8 Å². The minimum Gasteiger partial charge on any atom is -0.384 e. The first-order valence-electron chi connectivity index (χ1n) is 8.83. The van der Waals surface area contributed by atoms with Gasteiger partial charge in [0, 0.05) is 32.0 Å². The zero-order valence-corrected chi connectivity index (χ0v) is 16.4. The van der Waals surface area contributed by atoms with Crippen LogP contribution in [-0.2, 0) is 24.2 Å². The number of sulfone groups is 1. The molecule has 0 aromatic rings. The molecule has 2 amide bonds. The van der Waals surface area contributed by atoms with Crippen LogP contribution in [0.25, 0.3) is 0 Å². The summed E-state index contributed by atoms with van der Waals surface area (Å²) in [6, 6.07) is -0.627. The van der Waals surface area contributed by atoms with E-state index in [1.54, 1.807) is 12.0 Å². The molecule has 8 heteroatoms. The minimum absolute atomic E-state index is 0.0989. The zero-order chi connectivity index (χ0) is 18.8. The van der Waals surface area contributed by atoms with E-state index >= 15 is 0 Å². The monoisotopic (exact) mass is 374 g/mol. The van der Waals surface area contributed by atoms with Crippen molar-refractivity contribution in [2.45, 2.75) is 39.7 Å². The van der Waals surface area contributed by atoms with E-state index in [0.717, 1.165) is 6.42 Å². The molecule has 2 saturated heterocycles. The molecule has 2 fully saturated rings. The highest BCUT2D eigenvalue weighted by Gasteiger charge is 2.46. The fraction of sp³-hybridized carbons (Fsp3) is 0.882. The van der Waals surface area contributed by atoms with E-state index < -0.39 is 21.8 Å². The predicted molar refractivity (Wildman–Crippen MR) is 94.7 cm³/mol. The van der Waals surface area contributed by atoms with Crippen LogP contribution in [0.4, 0.5) is 0 Å². The summed E-state index contributed by atoms with van der Waals surface area (Å²) in [7, 11) is -1.68. The molecule has 0 aromatic heterocycles. The van der Waals surface area contributed by atoms with Gasteiger partial charge in [-0.25, -0.2) is 8.42 Å². The lowest BCUT2D eigenvalue weighted by Gasteiger charge is -2.27. The molecular formula is C17H30N2O5S. The molecular weight excluding hydrogens is 344 g/mol. The Morgan fingerprint density at radius 3 is 2.60 bits per heavy atom. The Bertz CT molecular complexity index is 619. The van der Waals surface area contributed by atoms with E-state index in [2.05, 4.69) is 12.2 Å². The number of amides is 2. The number of likely N-dealkylation sites (tertiary alicyclic amines) is 1. The third-order valence-electron chi connectivity index (χ3n) is 4.97. The highest BCUT2D eigenvalue weighted by Crippen LogP contribution is 2.32. The number of nitrogens with zero attached hydrogens (tertiary/aromatic N) is 1. The van der Waals surface area contributed by atoms with Crippen molar-refractivity contribution in [1.29, 1.82) is 0 Å². The minimum atomic E-state index is -3.32. The lowest BCUT2D eigenvalue weighted by Crippen LogP contribution is -2.47. The topological polar surface area (TPSA) is 92.8 Å². The number of rotatable bonds is 6. The van der Waals surface area contributed by atoms with Crippen LogP contribution < -0.4 is 5.32 Å². The fourth-order valence-electron chi connectivity index (χ4n) is 3.78. The van der Waals surface area contributed by atoms with Crippen LogP contribution in [0.15, 0.2) is 0 Å². The van der Waals surface area contributed by atoms with Gasteiger partial charge in [0.1, 0.15) is 0 Å². The molecule has 0 spiro atoms. The van der Waals surface area contributed by atoms with Crippen LogP contribution in [0.5, 0.6) is 0 Å². The lowest BCUT2D eigenvalue weighted by atomic mass is 9.91. The van der Waals surface area contributed by atoms with Crippen LogP contribution in [0.3, 0.4) is 0 Å². The third-order valence-corrected chi connectivity index (χ3v) is 6.71. The molecule has 7 nitrogen and oxygen atoms in total. The SMILES string of the molecule is COCC1(C)CCN(C(=O)[C@@H]2CS(=O)(=O)C[C@H]2NC(=O)CC(C)C)C1. The summed E-state index contributed by atoms with van der Waals surface area (Å²) in [5, 5.41) is 2.78. The maximum Gasteiger partial charge on any atom is 0.228 e. The van der Waals surface area contributed by atoms with Crippen molar-refractivity contribution in [3.8, 4) is 0 Å². The van der Waals surface area contributed by atoms with E-state index in [4.69, 9.17) is 4.74 Å². The Balaban J connectivity index is 2.07. The molecule has 144 valence electrons. The van der Waals surface area contributed by atoms with E-state index in [1.165, 1.54) is 0 Å². The molecule has 0 aromatic carbocycles. The number of hydrogen-bond donors (Lipinski definition) is 1. The second-order valence-corrected chi connectivity index (χ2v) is 10.4. The van der Waals surface area contributed by atoms with Crippen molar-refractivity contribution in [2.24, 2.45) is 17.3 Å². The van der Waals surface area contributed by atoms with Crippen molar-refractivity contribution in [3.05, 3.63) is 0 Å². The summed E-state index contributed by atoms with van der Waals surface area (Å²) in [6.07, 6.45) is 1.16. The van der Waals surface area contributed by atoms with Gasteiger partial charge in [-0.15, -0.1) is 0 Å². The van der Waals surface area contributed by atoms with Crippen molar-refractivity contribution < 1.29 is 22.7 Å². The molecule has 0 bridgehead atoms. The zero-order valence-electron chi connectivity index (χ0n) is 15.6. The van der Waals surface area contributed by atoms with Crippen LogP contribution >= 0.6 is 0 Å². The molecule has 1 N–H and O–H groups in total. The summed E-state index contributed by atoms with van der Waals surface area (Å²) >= 11 is 0.